The molecule has 4 nitrogen and oxygen atoms in total. The largest absolute Gasteiger partial charge is 0.461 e. The Bertz CT molecular complexity index is 295. The minimum absolute atomic E-state index is 0.129. The molecule has 0 unspecified atom stereocenters. The van der Waals surface area contributed by atoms with Crippen LogP contribution in [0.1, 0.15) is 20.8 Å². The third-order valence-corrected chi connectivity index (χ3v) is 2.00. The summed E-state index contributed by atoms with van der Waals surface area (Å²) < 4.78 is 11.8. The van der Waals surface area contributed by atoms with Gasteiger partial charge in [-0.15, -0.1) is 0 Å². The standard InChI is InChI=1S/C10H15IN2O2/c1-10(2,3)15-5-4-14-9-12-6-8(11)7-13-9/h6-7H,4-5H2,1-3H3. The molecule has 0 fully saturated rings. The molecule has 0 saturated heterocycles. The molecule has 5 heteroatoms. The van der Waals surface area contributed by atoms with E-state index >= 15 is 0 Å². The molecule has 0 saturated carbocycles. The molecule has 0 aromatic carbocycles. The molecule has 0 N–H and O–H groups in total. The van der Waals surface area contributed by atoms with Gasteiger partial charge in [0.25, 0.3) is 0 Å². The molecule has 1 heterocycles. The summed E-state index contributed by atoms with van der Waals surface area (Å²) in [5.74, 6) is 0. The van der Waals surface area contributed by atoms with Crippen LogP contribution in [0.4, 0.5) is 0 Å². The van der Waals surface area contributed by atoms with E-state index in [1.54, 1.807) is 12.4 Å². The summed E-state index contributed by atoms with van der Waals surface area (Å²) in [7, 11) is 0. The van der Waals surface area contributed by atoms with E-state index in [0.29, 0.717) is 19.2 Å². The van der Waals surface area contributed by atoms with Crippen LogP contribution in [0.3, 0.4) is 0 Å². The van der Waals surface area contributed by atoms with E-state index in [-0.39, 0.29) is 5.60 Å². The van der Waals surface area contributed by atoms with Crippen LogP contribution in [0.2, 0.25) is 0 Å². The van der Waals surface area contributed by atoms with E-state index in [2.05, 4.69) is 32.6 Å². The monoisotopic (exact) mass is 322 g/mol. The van der Waals surface area contributed by atoms with E-state index in [0.717, 1.165) is 3.57 Å². The van der Waals surface area contributed by atoms with Gasteiger partial charge in [-0.05, 0) is 43.4 Å². The Balaban J connectivity index is 2.23. The minimum Gasteiger partial charge on any atom is -0.461 e. The summed E-state index contributed by atoms with van der Waals surface area (Å²) in [4.78, 5) is 8.03. The predicted octanol–water partition coefficient (Wildman–Crippen LogP) is 2.28. The van der Waals surface area contributed by atoms with Crippen molar-refractivity contribution in [2.45, 2.75) is 26.4 Å². The Morgan fingerprint density at radius 1 is 1.20 bits per heavy atom. The van der Waals surface area contributed by atoms with Crippen molar-refractivity contribution in [3.63, 3.8) is 0 Å². The number of hydrogen-bond donors (Lipinski definition) is 0. The Kier molecular flexibility index (Phi) is 4.72. The van der Waals surface area contributed by atoms with E-state index in [1.807, 2.05) is 20.8 Å². The Morgan fingerprint density at radius 3 is 2.33 bits per heavy atom. The zero-order chi connectivity index (χ0) is 11.3. The number of rotatable bonds is 4. The van der Waals surface area contributed by atoms with Crippen LogP contribution in [-0.2, 0) is 4.74 Å². The van der Waals surface area contributed by atoms with Crippen LogP contribution < -0.4 is 4.74 Å². The van der Waals surface area contributed by atoms with Crippen molar-refractivity contribution in [2.24, 2.45) is 0 Å². The van der Waals surface area contributed by atoms with Crippen molar-refractivity contribution in [1.29, 1.82) is 0 Å². The maximum absolute atomic E-state index is 5.49. The van der Waals surface area contributed by atoms with Crippen LogP contribution >= 0.6 is 22.6 Å². The second-order valence-corrected chi connectivity index (χ2v) is 5.24. The minimum atomic E-state index is -0.129. The maximum atomic E-state index is 5.49. The number of ether oxygens (including phenoxy) is 2. The van der Waals surface area contributed by atoms with E-state index < -0.39 is 0 Å². The van der Waals surface area contributed by atoms with E-state index in [1.165, 1.54) is 0 Å². The topological polar surface area (TPSA) is 44.2 Å². The highest BCUT2D eigenvalue weighted by Gasteiger charge is 2.09. The van der Waals surface area contributed by atoms with Gasteiger partial charge < -0.3 is 9.47 Å². The molecule has 0 amide bonds. The Hall–Kier alpha value is -0.430. The van der Waals surface area contributed by atoms with Gasteiger partial charge in [-0.3, -0.25) is 0 Å². The molecular weight excluding hydrogens is 307 g/mol. The molecule has 0 bridgehead atoms. The molecular formula is C10H15IN2O2. The molecule has 0 atom stereocenters. The van der Waals surface area contributed by atoms with Crippen molar-refractivity contribution >= 4 is 22.6 Å². The van der Waals surface area contributed by atoms with Gasteiger partial charge in [0.1, 0.15) is 6.61 Å². The second kappa shape index (κ2) is 5.60. The van der Waals surface area contributed by atoms with Crippen molar-refractivity contribution in [1.82, 2.24) is 9.97 Å². The number of hydrogen-bond acceptors (Lipinski definition) is 4. The third kappa shape index (κ3) is 5.88. The molecule has 0 aliphatic heterocycles. The lowest BCUT2D eigenvalue weighted by Crippen LogP contribution is -2.22. The lowest BCUT2D eigenvalue weighted by Gasteiger charge is -2.19. The molecule has 0 aliphatic rings. The summed E-state index contributed by atoms with van der Waals surface area (Å²) in [5.41, 5.74) is -0.129. The van der Waals surface area contributed by atoms with E-state index in [9.17, 15) is 0 Å². The summed E-state index contributed by atoms with van der Waals surface area (Å²) in [6.45, 7) is 7.04. The first-order valence-corrected chi connectivity index (χ1v) is 5.79. The second-order valence-electron chi connectivity index (χ2n) is 3.99. The van der Waals surface area contributed by atoms with Crippen molar-refractivity contribution in [3.8, 4) is 6.01 Å². The smallest absolute Gasteiger partial charge is 0.316 e. The van der Waals surface area contributed by atoms with Gasteiger partial charge in [0.15, 0.2) is 0 Å². The highest BCUT2D eigenvalue weighted by Crippen LogP contribution is 2.07. The lowest BCUT2D eigenvalue weighted by atomic mass is 10.2. The Morgan fingerprint density at radius 2 is 1.80 bits per heavy atom. The van der Waals surface area contributed by atoms with Gasteiger partial charge in [0.05, 0.1) is 12.2 Å². The van der Waals surface area contributed by atoms with Crippen LogP contribution in [0.25, 0.3) is 0 Å². The fourth-order valence-electron chi connectivity index (χ4n) is 0.856. The zero-order valence-electron chi connectivity index (χ0n) is 9.16. The van der Waals surface area contributed by atoms with Crippen LogP contribution in [0.15, 0.2) is 12.4 Å². The summed E-state index contributed by atoms with van der Waals surface area (Å²) in [6.07, 6.45) is 3.43. The fraction of sp³-hybridized carbons (Fsp3) is 0.600. The molecule has 1 rings (SSSR count). The summed E-state index contributed by atoms with van der Waals surface area (Å²) >= 11 is 2.15. The van der Waals surface area contributed by atoms with Crippen molar-refractivity contribution in [3.05, 3.63) is 16.0 Å². The van der Waals surface area contributed by atoms with Crippen molar-refractivity contribution < 1.29 is 9.47 Å². The first kappa shape index (κ1) is 12.6. The van der Waals surface area contributed by atoms with Gasteiger partial charge in [-0.2, -0.15) is 0 Å². The molecule has 15 heavy (non-hydrogen) atoms. The van der Waals surface area contributed by atoms with Gasteiger partial charge in [0, 0.05) is 16.0 Å². The average Bonchev–Trinajstić information content (AvgIpc) is 2.14. The highest BCUT2D eigenvalue weighted by atomic mass is 127. The Labute approximate surface area is 104 Å². The number of halogens is 1. The molecule has 1 aromatic heterocycles. The molecule has 0 radical (unpaired) electrons. The quantitative estimate of drug-likeness (QED) is 0.630. The third-order valence-electron chi connectivity index (χ3n) is 1.45. The predicted molar refractivity (Wildman–Crippen MR) is 65.9 cm³/mol. The average molecular weight is 322 g/mol. The fourth-order valence-corrected chi connectivity index (χ4v) is 1.13. The summed E-state index contributed by atoms with van der Waals surface area (Å²) in [6, 6.07) is 0.396. The van der Waals surface area contributed by atoms with E-state index in [4.69, 9.17) is 9.47 Å². The first-order valence-electron chi connectivity index (χ1n) is 4.72. The molecule has 1 aromatic rings. The normalized spacial score (nSPS) is 11.5. The van der Waals surface area contributed by atoms with Crippen LogP contribution in [0, 0.1) is 3.57 Å². The summed E-state index contributed by atoms with van der Waals surface area (Å²) in [5, 5.41) is 0. The first-order chi connectivity index (χ1) is 6.97. The van der Waals surface area contributed by atoms with Gasteiger partial charge in [-0.25, -0.2) is 9.97 Å². The van der Waals surface area contributed by atoms with Crippen LogP contribution in [0.5, 0.6) is 6.01 Å². The molecule has 0 spiro atoms. The highest BCUT2D eigenvalue weighted by molar-refractivity contribution is 14.1. The van der Waals surface area contributed by atoms with Gasteiger partial charge in [-0.1, -0.05) is 0 Å². The van der Waals surface area contributed by atoms with Crippen molar-refractivity contribution in [2.75, 3.05) is 13.2 Å². The number of aromatic nitrogens is 2. The SMILES string of the molecule is CC(C)(C)OCCOc1ncc(I)cn1. The number of nitrogens with zero attached hydrogens (tertiary/aromatic N) is 2. The zero-order valence-corrected chi connectivity index (χ0v) is 11.3. The molecule has 0 aliphatic carbocycles. The van der Waals surface area contributed by atoms with Gasteiger partial charge >= 0.3 is 6.01 Å². The lowest BCUT2D eigenvalue weighted by molar-refractivity contribution is -0.0173. The van der Waals surface area contributed by atoms with Crippen LogP contribution in [-0.4, -0.2) is 28.8 Å². The maximum Gasteiger partial charge on any atom is 0.316 e. The molecule has 84 valence electrons. The van der Waals surface area contributed by atoms with Gasteiger partial charge in [0.2, 0.25) is 0 Å².